The summed E-state index contributed by atoms with van der Waals surface area (Å²) in [5.74, 6) is -0.176. The molecule has 0 aromatic heterocycles. The van der Waals surface area contributed by atoms with E-state index in [-0.39, 0.29) is 17.6 Å². The van der Waals surface area contributed by atoms with Gasteiger partial charge in [-0.2, -0.15) is 0 Å². The van der Waals surface area contributed by atoms with Crippen LogP contribution in [-0.4, -0.2) is 19.0 Å². The summed E-state index contributed by atoms with van der Waals surface area (Å²) in [6.45, 7) is 5.14. The van der Waals surface area contributed by atoms with Gasteiger partial charge in [0.2, 0.25) is 5.91 Å². The van der Waals surface area contributed by atoms with Gasteiger partial charge in [0.1, 0.15) is 5.82 Å². The number of carbonyl (C=O) groups is 1. The van der Waals surface area contributed by atoms with Crippen molar-refractivity contribution in [2.45, 2.75) is 33.1 Å². The number of amides is 1. The van der Waals surface area contributed by atoms with Gasteiger partial charge in [-0.05, 0) is 50.1 Å². The van der Waals surface area contributed by atoms with E-state index >= 15 is 0 Å². The molecule has 0 aliphatic heterocycles. The van der Waals surface area contributed by atoms with Crippen LogP contribution in [-0.2, 0) is 4.79 Å². The summed E-state index contributed by atoms with van der Waals surface area (Å²) in [5.41, 5.74) is 6.26. The molecule has 0 aliphatic carbocycles. The Kier molecular flexibility index (Phi) is 6.50. The molecule has 1 aromatic carbocycles. The molecule has 19 heavy (non-hydrogen) atoms. The molecule has 1 amide bonds. The molecular weight excluding hydrogens is 243 g/mol. The zero-order valence-corrected chi connectivity index (χ0v) is 11.7. The third-order valence-electron chi connectivity index (χ3n) is 3.33. The Bertz CT molecular complexity index is 388. The Hall–Kier alpha value is -1.42. The minimum Gasteiger partial charge on any atom is -0.330 e. The van der Waals surface area contributed by atoms with Crippen LogP contribution >= 0.6 is 0 Å². The normalized spacial score (nSPS) is 10.8. The van der Waals surface area contributed by atoms with Crippen molar-refractivity contribution in [3.63, 3.8) is 0 Å². The molecule has 0 atom stereocenters. The van der Waals surface area contributed by atoms with E-state index in [9.17, 15) is 9.18 Å². The number of hydrogen-bond acceptors (Lipinski definition) is 2. The number of rotatable bonds is 7. The minimum atomic E-state index is -0.294. The van der Waals surface area contributed by atoms with Gasteiger partial charge in [-0.3, -0.25) is 4.79 Å². The van der Waals surface area contributed by atoms with Crippen molar-refractivity contribution < 1.29 is 9.18 Å². The van der Waals surface area contributed by atoms with Gasteiger partial charge in [0.25, 0.3) is 0 Å². The first-order chi connectivity index (χ1) is 9.13. The van der Waals surface area contributed by atoms with Gasteiger partial charge >= 0.3 is 0 Å². The molecule has 2 N–H and O–H groups in total. The Labute approximate surface area is 114 Å². The summed E-state index contributed by atoms with van der Waals surface area (Å²) in [7, 11) is 0. The second-order valence-electron chi connectivity index (χ2n) is 4.62. The molecule has 0 bridgehead atoms. The number of nitrogens with zero attached hydrogens (tertiary/aromatic N) is 1. The molecule has 0 saturated heterocycles. The smallest absolute Gasteiger partial charge is 0.230 e. The lowest BCUT2D eigenvalue weighted by Crippen LogP contribution is -2.37. The molecule has 0 spiro atoms. The van der Waals surface area contributed by atoms with Crippen LogP contribution in [0.5, 0.6) is 0 Å². The van der Waals surface area contributed by atoms with E-state index in [0.29, 0.717) is 13.1 Å². The Balaban J connectivity index is 2.93. The van der Waals surface area contributed by atoms with Gasteiger partial charge in [0.15, 0.2) is 0 Å². The van der Waals surface area contributed by atoms with Crippen LogP contribution in [0.1, 0.15) is 33.1 Å². The molecular formula is C15H23FN2O. The maximum Gasteiger partial charge on any atom is 0.230 e. The Morgan fingerprint density at radius 1 is 1.26 bits per heavy atom. The standard InChI is InChI=1S/C15H23FN2O/c1-3-12(4-2)15(19)18(11-5-10-17)14-8-6-13(16)7-9-14/h6-9,12H,3-5,10-11,17H2,1-2H3. The van der Waals surface area contributed by atoms with Crippen LogP contribution < -0.4 is 10.6 Å². The summed E-state index contributed by atoms with van der Waals surface area (Å²) in [6, 6.07) is 6.05. The highest BCUT2D eigenvalue weighted by molar-refractivity contribution is 5.94. The largest absolute Gasteiger partial charge is 0.330 e. The molecule has 1 aromatic rings. The first-order valence-corrected chi connectivity index (χ1v) is 6.91. The molecule has 4 heteroatoms. The Morgan fingerprint density at radius 3 is 2.32 bits per heavy atom. The zero-order valence-electron chi connectivity index (χ0n) is 11.7. The highest BCUT2D eigenvalue weighted by Crippen LogP contribution is 2.20. The fraction of sp³-hybridized carbons (Fsp3) is 0.533. The molecule has 0 heterocycles. The lowest BCUT2D eigenvalue weighted by molar-refractivity contribution is -0.122. The van der Waals surface area contributed by atoms with Crippen LogP contribution in [0.25, 0.3) is 0 Å². The monoisotopic (exact) mass is 266 g/mol. The highest BCUT2D eigenvalue weighted by atomic mass is 19.1. The van der Waals surface area contributed by atoms with Crippen LogP contribution in [0.4, 0.5) is 10.1 Å². The topological polar surface area (TPSA) is 46.3 Å². The minimum absolute atomic E-state index is 0.0165. The lowest BCUT2D eigenvalue weighted by Gasteiger charge is -2.26. The SMILES string of the molecule is CCC(CC)C(=O)N(CCCN)c1ccc(F)cc1. The number of anilines is 1. The van der Waals surface area contributed by atoms with Crippen molar-refractivity contribution in [1.82, 2.24) is 0 Å². The quantitative estimate of drug-likeness (QED) is 0.824. The van der Waals surface area contributed by atoms with Gasteiger partial charge in [-0.25, -0.2) is 4.39 Å². The summed E-state index contributed by atoms with van der Waals surface area (Å²) in [5, 5.41) is 0. The molecule has 0 radical (unpaired) electrons. The van der Waals surface area contributed by atoms with Crippen LogP contribution in [0, 0.1) is 11.7 Å². The molecule has 0 aliphatic rings. The van der Waals surface area contributed by atoms with Crippen LogP contribution in [0.2, 0.25) is 0 Å². The average molecular weight is 266 g/mol. The maximum absolute atomic E-state index is 13.0. The van der Waals surface area contributed by atoms with Crippen molar-refractivity contribution in [3.8, 4) is 0 Å². The van der Waals surface area contributed by atoms with Gasteiger partial charge in [0.05, 0.1) is 0 Å². The average Bonchev–Trinajstić information content (AvgIpc) is 2.42. The molecule has 106 valence electrons. The third-order valence-corrected chi connectivity index (χ3v) is 3.33. The number of nitrogens with two attached hydrogens (primary N) is 1. The lowest BCUT2D eigenvalue weighted by atomic mass is 10.0. The predicted octanol–water partition coefficient (Wildman–Crippen LogP) is 2.94. The van der Waals surface area contributed by atoms with Crippen molar-refractivity contribution >= 4 is 11.6 Å². The van der Waals surface area contributed by atoms with Gasteiger partial charge < -0.3 is 10.6 Å². The van der Waals surface area contributed by atoms with E-state index in [1.165, 1.54) is 12.1 Å². The van der Waals surface area contributed by atoms with Gasteiger partial charge in [-0.15, -0.1) is 0 Å². The fourth-order valence-electron chi connectivity index (χ4n) is 2.10. The first kappa shape index (κ1) is 15.6. The first-order valence-electron chi connectivity index (χ1n) is 6.91. The molecule has 3 nitrogen and oxygen atoms in total. The summed E-state index contributed by atoms with van der Waals surface area (Å²) >= 11 is 0. The number of halogens is 1. The molecule has 0 saturated carbocycles. The summed E-state index contributed by atoms with van der Waals surface area (Å²) in [6.07, 6.45) is 2.37. The van der Waals surface area contributed by atoms with Crippen LogP contribution in [0.15, 0.2) is 24.3 Å². The zero-order chi connectivity index (χ0) is 14.3. The summed E-state index contributed by atoms with van der Waals surface area (Å²) in [4.78, 5) is 14.2. The molecule has 1 rings (SSSR count). The van der Waals surface area contributed by atoms with E-state index in [4.69, 9.17) is 5.73 Å². The highest BCUT2D eigenvalue weighted by Gasteiger charge is 2.22. The second-order valence-corrected chi connectivity index (χ2v) is 4.62. The molecule has 0 unspecified atom stereocenters. The third kappa shape index (κ3) is 4.31. The Morgan fingerprint density at radius 2 is 1.84 bits per heavy atom. The van der Waals surface area contributed by atoms with Crippen molar-refractivity contribution in [3.05, 3.63) is 30.1 Å². The van der Waals surface area contributed by atoms with E-state index in [2.05, 4.69) is 0 Å². The van der Waals surface area contributed by atoms with E-state index in [1.807, 2.05) is 13.8 Å². The number of carbonyl (C=O) groups excluding carboxylic acids is 1. The maximum atomic E-state index is 13.0. The van der Waals surface area contributed by atoms with Gasteiger partial charge in [-0.1, -0.05) is 13.8 Å². The fourth-order valence-corrected chi connectivity index (χ4v) is 2.10. The van der Waals surface area contributed by atoms with Crippen molar-refractivity contribution in [2.75, 3.05) is 18.0 Å². The van der Waals surface area contributed by atoms with Crippen molar-refractivity contribution in [2.24, 2.45) is 11.7 Å². The second kappa shape index (κ2) is 7.89. The van der Waals surface area contributed by atoms with Crippen LogP contribution in [0.3, 0.4) is 0 Å². The van der Waals surface area contributed by atoms with E-state index in [1.54, 1.807) is 17.0 Å². The molecule has 0 fully saturated rings. The van der Waals surface area contributed by atoms with E-state index < -0.39 is 0 Å². The number of benzene rings is 1. The van der Waals surface area contributed by atoms with Gasteiger partial charge in [0, 0.05) is 18.2 Å². The van der Waals surface area contributed by atoms with Crippen molar-refractivity contribution in [1.29, 1.82) is 0 Å². The predicted molar refractivity (Wildman–Crippen MR) is 76.5 cm³/mol. The summed E-state index contributed by atoms with van der Waals surface area (Å²) < 4.78 is 13.0. The van der Waals surface area contributed by atoms with E-state index in [0.717, 1.165) is 24.9 Å². The number of hydrogen-bond donors (Lipinski definition) is 1.